The number of nitrogens with one attached hydrogen (secondary N) is 1. The second-order valence-electron chi connectivity index (χ2n) is 4.68. The van der Waals surface area contributed by atoms with Crippen LogP contribution in [0.3, 0.4) is 0 Å². The van der Waals surface area contributed by atoms with Gasteiger partial charge in [0.2, 0.25) is 0 Å². The lowest BCUT2D eigenvalue weighted by atomic mass is 10.2. The number of piperazine rings is 1. The maximum absolute atomic E-state index is 5.40. The van der Waals surface area contributed by atoms with E-state index in [9.17, 15) is 0 Å². The Labute approximate surface area is 111 Å². The summed E-state index contributed by atoms with van der Waals surface area (Å²) in [5.41, 5.74) is 1.02. The maximum atomic E-state index is 5.40. The number of rotatable bonds is 3. The number of hydrogen-bond acceptors (Lipinski definition) is 5. The van der Waals surface area contributed by atoms with Crippen molar-refractivity contribution in [1.29, 1.82) is 0 Å². The molecular formula is C13H17N3OS. The lowest BCUT2D eigenvalue weighted by Gasteiger charge is -2.33. The summed E-state index contributed by atoms with van der Waals surface area (Å²) in [6, 6.07) is 6.70. The molecule has 0 aromatic carbocycles. The van der Waals surface area contributed by atoms with Crippen LogP contribution in [0.15, 0.2) is 28.1 Å². The van der Waals surface area contributed by atoms with Gasteiger partial charge in [0.25, 0.3) is 0 Å². The van der Waals surface area contributed by atoms with E-state index in [0.29, 0.717) is 6.04 Å². The van der Waals surface area contributed by atoms with Crippen molar-refractivity contribution < 1.29 is 4.52 Å². The van der Waals surface area contributed by atoms with Crippen molar-refractivity contribution in [3.63, 3.8) is 0 Å². The van der Waals surface area contributed by atoms with Gasteiger partial charge in [-0.1, -0.05) is 11.2 Å². The van der Waals surface area contributed by atoms with Gasteiger partial charge >= 0.3 is 0 Å². The van der Waals surface area contributed by atoms with Gasteiger partial charge in [-0.25, -0.2) is 0 Å². The Morgan fingerprint density at radius 3 is 3.33 bits per heavy atom. The Kier molecular flexibility index (Phi) is 3.45. The van der Waals surface area contributed by atoms with Crippen molar-refractivity contribution in [2.45, 2.75) is 19.5 Å². The maximum Gasteiger partial charge on any atom is 0.177 e. The van der Waals surface area contributed by atoms with E-state index in [1.165, 1.54) is 0 Å². The molecule has 18 heavy (non-hydrogen) atoms. The molecule has 3 rings (SSSR count). The van der Waals surface area contributed by atoms with Crippen molar-refractivity contribution in [2.24, 2.45) is 0 Å². The first kappa shape index (κ1) is 11.9. The Morgan fingerprint density at radius 1 is 1.61 bits per heavy atom. The Bertz CT molecular complexity index is 494. The van der Waals surface area contributed by atoms with Crippen LogP contribution in [0, 0.1) is 0 Å². The average Bonchev–Trinajstić information content (AvgIpc) is 3.02. The summed E-state index contributed by atoms with van der Waals surface area (Å²) >= 11 is 1.68. The molecule has 2 aromatic heterocycles. The van der Waals surface area contributed by atoms with E-state index in [2.05, 4.69) is 39.8 Å². The molecule has 0 radical (unpaired) electrons. The van der Waals surface area contributed by atoms with E-state index in [1.54, 1.807) is 11.3 Å². The van der Waals surface area contributed by atoms with Crippen LogP contribution in [0.4, 0.5) is 0 Å². The molecule has 0 amide bonds. The minimum absolute atomic E-state index is 0.556. The van der Waals surface area contributed by atoms with Crippen LogP contribution >= 0.6 is 11.3 Å². The zero-order valence-corrected chi connectivity index (χ0v) is 11.2. The summed E-state index contributed by atoms with van der Waals surface area (Å²) in [6.45, 7) is 6.29. The molecule has 0 aliphatic carbocycles. The molecule has 1 aliphatic rings. The van der Waals surface area contributed by atoms with Gasteiger partial charge in [0.1, 0.15) is 0 Å². The standard InChI is InChI=1S/C13H17N3OS/c1-10-8-14-4-5-16(10)9-11-7-12(17-15-11)13-3-2-6-18-13/h2-3,6-7,10,14H,4-5,8-9H2,1H3. The molecule has 1 N–H and O–H groups in total. The smallest absolute Gasteiger partial charge is 0.177 e. The molecular weight excluding hydrogens is 246 g/mol. The molecule has 1 fully saturated rings. The molecule has 0 saturated carbocycles. The van der Waals surface area contributed by atoms with Crippen LogP contribution in [0.2, 0.25) is 0 Å². The highest BCUT2D eigenvalue weighted by Crippen LogP contribution is 2.25. The van der Waals surface area contributed by atoms with Crippen molar-refractivity contribution >= 4 is 11.3 Å². The van der Waals surface area contributed by atoms with Crippen LogP contribution in [0.5, 0.6) is 0 Å². The van der Waals surface area contributed by atoms with Crippen LogP contribution in [0.25, 0.3) is 10.6 Å². The highest BCUT2D eigenvalue weighted by atomic mass is 32.1. The van der Waals surface area contributed by atoms with Gasteiger partial charge in [0.15, 0.2) is 5.76 Å². The molecule has 4 nitrogen and oxygen atoms in total. The van der Waals surface area contributed by atoms with Crippen molar-refractivity contribution in [3.05, 3.63) is 29.3 Å². The van der Waals surface area contributed by atoms with Gasteiger partial charge in [0, 0.05) is 38.3 Å². The zero-order valence-electron chi connectivity index (χ0n) is 10.4. The molecule has 1 atom stereocenters. The normalized spacial score (nSPS) is 21.3. The molecule has 96 valence electrons. The van der Waals surface area contributed by atoms with Gasteiger partial charge in [-0.2, -0.15) is 0 Å². The van der Waals surface area contributed by atoms with Crippen molar-refractivity contribution in [1.82, 2.24) is 15.4 Å². The van der Waals surface area contributed by atoms with E-state index in [0.717, 1.165) is 42.5 Å². The van der Waals surface area contributed by atoms with Gasteiger partial charge in [-0.05, 0) is 18.4 Å². The molecule has 1 unspecified atom stereocenters. The van der Waals surface area contributed by atoms with E-state index < -0.39 is 0 Å². The lowest BCUT2D eigenvalue weighted by molar-refractivity contribution is 0.161. The number of nitrogens with zero attached hydrogens (tertiary/aromatic N) is 2. The summed E-state index contributed by atoms with van der Waals surface area (Å²) in [6.07, 6.45) is 0. The Hall–Kier alpha value is -1.17. The second kappa shape index (κ2) is 5.22. The quantitative estimate of drug-likeness (QED) is 0.921. The van der Waals surface area contributed by atoms with Gasteiger partial charge in [-0.15, -0.1) is 11.3 Å². The summed E-state index contributed by atoms with van der Waals surface area (Å²) in [5, 5.41) is 9.62. The predicted octanol–water partition coefficient (Wildman–Crippen LogP) is 2.20. The van der Waals surface area contributed by atoms with Gasteiger partial charge in [-0.3, -0.25) is 4.90 Å². The zero-order chi connectivity index (χ0) is 12.4. The Balaban J connectivity index is 1.70. The third kappa shape index (κ3) is 2.48. The topological polar surface area (TPSA) is 41.3 Å². The second-order valence-corrected chi connectivity index (χ2v) is 5.63. The van der Waals surface area contributed by atoms with Crippen molar-refractivity contribution in [2.75, 3.05) is 19.6 Å². The third-order valence-corrected chi connectivity index (χ3v) is 4.21. The molecule has 5 heteroatoms. The third-order valence-electron chi connectivity index (χ3n) is 3.33. The van der Waals surface area contributed by atoms with E-state index >= 15 is 0 Å². The Morgan fingerprint density at radius 2 is 2.56 bits per heavy atom. The fourth-order valence-corrected chi connectivity index (χ4v) is 2.92. The fraction of sp³-hybridized carbons (Fsp3) is 0.462. The highest BCUT2D eigenvalue weighted by Gasteiger charge is 2.19. The number of thiophene rings is 1. The SMILES string of the molecule is CC1CNCCN1Cc1cc(-c2cccs2)on1. The van der Waals surface area contributed by atoms with Gasteiger partial charge in [0.05, 0.1) is 10.6 Å². The molecule has 1 aliphatic heterocycles. The molecule has 2 aromatic rings. The first-order valence-electron chi connectivity index (χ1n) is 6.27. The summed E-state index contributed by atoms with van der Waals surface area (Å²) in [7, 11) is 0. The molecule has 1 saturated heterocycles. The summed E-state index contributed by atoms with van der Waals surface area (Å²) in [4.78, 5) is 3.58. The summed E-state index contributed by atoms with van der Waals surface area (Å²) < 4.78 is 5.40. The predicted molar refractivity (Wildman–Crippen MR) is 72.6 cm³/mol. The first-order valence-corrected chi connectivity index (χ1v) is 7.15. The minimum Gasteiger partial charge on any atom is -0.355 e. The van der Waals surface area contributed by atoms with E-state index in [1.807, 2.05) is 6.07 Å². The van der Waals surface area contributed by atoms with Crippen molar-refractivity contribution in [3.8, 4) is 10.6 Å². The number of hydrogen-bond donors (Lipinski definition) is 1. The molecule has 0 spiro atoms. The van der Waals surface area contributed by atoms with Crippen LogP contribution in [-0.2, 0) is 6.54 Å². The highest BCUT2D eigenvalue weighted by molar-refractivity contribution is 7.13. The summed E-state index contributed by atoms with van der Waals surface area (Å²) in [5.74, 6) is 0.878. The average molecular weight is 263 g/mol. The fourth-order valence-electron chi connectivity index (χ4n) is 2.25. The monoisotopic (exact) mass is 263 g/mol. The van der Waals surface area contributed by atoms with Gasteiger partial charge < -0.3 is 9.84 Å². The van der Waals surface area contributed by atoms with Crippen LogP contribution in [-0.4, -0.2) is 35.7 Å². The van der Waals surface area contributed by atoms with Crippen LogP contribution in [0.1, 0.15) is 12.6 Å². The molecule has 3 heterocycles. The van der Waals surface area contributed by atoms with E-state index in [-0.39, 0.29) is 0 Å². The first-order chi connectivity index (χ1) is 8.83. The van der Waals surface area contributed by atoms with E-state index in [4.69, 9.17) is 4.52 Å². The largest absolute Gasteiger partial charge is 0.355 e. The minimum atomic E-state index is 0.556. The number of aromatic nitrogens is 1. The molecule has 0 bridgehead atoms. The van der Waals surface area contributed by atoms with Crippen LogP contribution < -0.4 is 5.32 Å². The lowest BCUT2D eigenvalue weighted by Crippen LogP contribution is -2.49.